The number of carboxylic acids is 2. The zero-order chi connectivity index (χ0) is 34.5. The highest BCUT2D eigenvalue weighted by Crippen LogP contribution is 2.33. The number of hydrogen-bond donors (Lipinski definition) is 6. The second-order valence-corrected chi connectivity index (χ2v) is 10.0. The third-order valence-electron chi connectivity index (χ3n) is 6.62. The van der Waals surface area contributed by atoms with E-state index in [-0.39, 0.29) is 53.9 Å². The van der Waals surface area contributed by atoms with Gasteiger partial charge in [-0.1, -0.05) is 30.3 Å². The summed E-state index contributed by atoms with van der Waals surface area (Å²) in [5.41, 5.74) is 0.309. The lowest BCUT2D eigenvalue weighted by Crippen LogP contribution is -2.48. The molecule has 0 aliphatic heterocycles. The number of nitrogens with one attached hydrogen (secondary N) is 3. The van der Waals surface area contributed by atoms with Crippen LogP contribution in [0.1, 0.15) is 35.7 Å². The van der Waals surface area contributed by atoms with E-state index in [1.807, 2.05) is 0 Å². The number of phenolic OH excluding ortho intramolecular Hbond substituents is 1. The molecule has 6 N–H and O–H groups in total. The lowest BCUT2D eigenvalue weighted by molar-refractivity contribution is -0.148. The number of nitrogens with zero attached hydrogens (tertiary/aromatic N) is 1. The molecule has 1 atom stereocenters. The summed E-state index contributed by atoms with van der Waals surface area (Å²) in [6.07, 6.45) is 0.139. The van der Waals surface area contributed by atoms with E-state index in [9.17, 15) is 44.1 Å². The minimum absolute atomic E-state index is 0.00760. The number of unbranched alkanes of at least 4 members (excludes halogenated alkanes) is 1. The molecule has 3 rings (SSSR count). The molecule has 3 aromatic carbocycles. The molecular formula is C32H34N4O11. The van der Waals surface area contributed by atoms with Crippen LogP contribution in [0.3, 0.4) is 0 Å². The van der Waals surface area contributed by atoms with E-state index in [0.29, 0.717) is 24.2 Å². The second kappa shape index (κ2) is 16.8. The van der Waals surface area contributed by atoms with Crippen LogP contribution in [-0.4, -0.2) is 77.4 Å². The summed E-state index contributed by atoms with van der Waals surface area (Å²) in [5.74, 6) is -5.27. The molecule has 0 spiro atoms. The van der Waals surface area contributed by atoms with Crippen LogP contribution in [-0.2, 0) is 30.3 Å². The zero-order valence-electron chi connectivity index (χ0n) is 25.5. The first-order valence-electron chi connectivity index (χ1n) is 14.3. The van der Waals surface area contributed by atoms with Gasteiger partial charge in [-0.3, -0.25) is 19.3 Å². The van der Waals surface area contributed by atoms with Gasteiger partial charge in [0.1, 0.15) is 23.2 Å². The minimum atomic E-state index is -1.80. The van der Waals surface area contributed by atoms with Gasteiger partial charge < -0.3 is 40.7 Å². The molecule has 47 heavy (non-hydrogen) atoms. The maximum Gasteiger partial charge on any atom is 0.407 e. The topological polar surface area (TPSA) is 221 Å². The van der Waals surface area contributed by atoms with Crippen molar-refractivity contribution in [3.05, 3.63) is 77.9 Å². The molecule has 248 valence electrons. The van der Waals surface area contributed by atoms with Crippen LogP contribution in [0, 0.1) is 0 Å². The Kier molecular flexibility index (Phi) is 12.6. The number of hydrogen-bond acceptors (Lipinski definition) is 9. The predicted molar refractivity (Wildman–Crippen MR) is 168 cm³/mol. The van der Waals surface area contributed by atoms with Gasteiger partial charge in [0.25, 0.3) is 0 Å². The summed E-state index contributed by atoms with van der Waals surface area (Å²) < 4.78 is 10.3. The van der Waals surface area contributed by atoms with E-state index in [1.165, 1.54) is 61.5 Å². The fourth-order valence-corrected chi connectivity index (χ4v) is 4.42. The molecule has 15 nitrogen and oxygen atoms in total. The molecule has 0 aromatic heterocycles. The third kappa shape index (κ3) is 9.94. The Bertz CT molecular complexity index is 1630. The number of alkyl carbamates (subject to hydrolysis) is 1. The van der Waals surface area contributed by atoms with Gasteiger partial charge in [0.15, 0.2) is 0 Å². The number of para-hydroxylation sites is 2. The third-order valence-corrected chi connectivity index (χ3v) is 6.62. The molecule has 0 unspecified atom stereocenters. The second-order valence-electron chi connectivity index (χ2n) is 10.0. The Labute approximate surface area is 269 Å². The molecule has 4 amide bonds. The normalized spacial score (nSPS) is 11.0. The van der Waals surface area contributed by atoms with Gasteiger partial charge in [0.2, 0.25) is 11.8 Å². The van der Waals surface area contributed by atoms with Crippen LogP contribution in [0.4, 0.5) is 21.9 Å². The quantitative estimate of drug-likeness (QED) is 0.0845. The van der Waals surface area contributed by atoms with Gasteiger partial charge in [-0.2, -0.15) is 0 Å². The monoisotopic (exact) mass is 650 g/mol. The first-order valence-corrected chi connectivity index (χ1v) is 14.3. The fraction of sp³-hybridized carbons (Fsp3) is 0.250. The summed E-state index contributed by atoms with van der Waals surface area (Å²) in [5, 5.41) is 36.7. The van der Waals surface area contributed by atoms with Crippen molar-refractivity contribution in [1.82, 2.24) is 10.6 Å². The number of carbonyl (C=O) groups excluding carboxylic acids is 4. The number of ether oxygens (including phenoxy) is 2. The van der Waals surface area contributed by atoms with Gasteiger partial charge in [-0.25, -0.2) is 14.4 Å². The van der Waals surface area contributed by atoms with Gasteiger partial charge in [-0.05, 0) is 54.8 Å². The first-order chi connectivity index (χ1) is 22.4. The molecule has 3 aromatic rings. The van der Waals surface area contributed by atoms with Crippen LogP contribution in [0.5, 0.6) is 11.5 Å². The van der Waals surface area contributed by atoms with Crippen LogP contribution in [0.2, 0.25) is 0 Å². The van der Waals surface area contributed by atoms with Crippen molar-refractivity contribution in [2.45, 2.75) is 32.2 Å². The van der Waals surface area contributed by atoms with Crippen molar-refractivity contribution in [3.8, 4) is 11.5 Å². The Morgan fingerprint density at radius 3 is 2.23 bits per heavy atom. The number of methoxy groups -OCH3 is 1. The van der Waals surface area contributed by atoms with Crippen LogP contribution in [0.25, 0.3) is 0 Å². The molecule has 0 fully saturated rings. The highest BCUT2D eigenvalue weighted by molar-refractivity contribution is 6.39. The number of aromatic hydroxyl groups is 1. The summed E-state index contributed by atoms with van der Waals surface area (Å²) in [7, 11) is 1.14. The lowest BCUT2D eigenvalue weighted by atomic mass is 10.0. The van der Waals surface area contributed by atoms with E-state index in [4.69, 9.17) is 4.74 Å². The zero-order valence-corrected chi connectivity index (χ0v) is 25.5. The number of anilines is 3. The largest absolute Gasteiger partial charge is 0.506 e. The predicted octanol–water partition coefficient (Wildman–Crippen LogP) is 3.04. The fourth-order valence-electron chi connectivity index (χ4n) is 4.42. The van der Waals surface area contributed by atoms with Crippen LogP contribution in [0.15, 0.2) is 66.7 Å². The van der Waals surface area contributed by atoms with E-state index in [0.717, 1.165) is 12.0 Å². The van der Waals surface area contributed by atoms with Crippen molar-refractivity contribution in [1.29, 1.82) is 0 Å². The Hall–Kier alpha value is -6.12. The maximum atomic E-state index is 13.0. The first kappa shape index (κ1) is 35.4. The molecule has 0 saturated heterocycles. The molecule has 0 bridgehead atoms. The maximum absolute atomic E-state index is 13.0. The average Bonchev–Trinajstić information content (AvgIpc) is 3.04. The summed E-state index contributed by atoms with van der Waals surface area (Å²) >= 11 is 0. The average molecular weight is 651 g/mol. The highest BCUT2D eigenvalue weighted by Gasteiger charge is 2.28. The molecule has 0 heterocycles. The van der Waals surface area contributed by atoms with Gasteiger partial charge >= 0.3 is 23.9 Å². The SMILES string of the molecule is COC(=O)N[C@@H](Cc1ccc(N(C(=O)C(=O)O)c2ccccc2C(=O)O)cc1)C(=O)NCCCCOc1cccc(O)c1NC(C)=O. The summed E-state index contributed by atoms with van der Waals surface area (Å²) in [4.78, 5) is 73.1. The van der Waals surface area contributed by atoms with Crippen molar-refractivity contribution in [2.75, 3.05) is 30.5 Å². The van der Waals surface area contributed by atoms with Crippen LogP contribution < -0.4 is 25.6 Å². The van der Waals surface area contributed by atoms with Crippen molar-refractivity contribution in [3.63, 3.8) is 0 Å². The van der Waals surface area contributed by atoms with E-state index in [1.54, 1.807) is 12.1 Å². The molecular weight excluding hydrogens is 616 g/mol. The summed E-state index contributed by atoms with van der Waals surface area (Å²) in [6, 6.07) is 14.8. The van der Waals surface area contributed by atoms with Crippen molar-refractivity contribution in [2.24, 2.45) is 0 Å². The molecule has 0 aliphatic rings. The smallest absolute Gasteiger partial charge is 0.407 e. The number of carboxylic acid groups (broad SMARTS) is 2. The minimum Gasteiger partial charge on any atom is -0.506 e. The molecule has 0 radical (unpaired) electrons. The Balaban J connectivity index is 1.65. The van der Waals surface area contributed by atoms with E-state index >= 15 is 0 Å². The molecule has 15 heteroatoms. The summed E-state index contributed by atoms with van der Waals surface area (Å²) in [6.45, 7) is 1.76. The highest BCUT2D eigenvalue weighted by atomic mass is 16.5. The lowest BCUT2D eigenvalue weighted by Gasteiger charge is -2.23. The number of phenols is 1. The van der Waals surface area contributed by atoms with Crippen molar-refractivity contribution < 1.29 is 53.6 Å². The number of rotatable bonds is 14. The Morgan fingerprint density at radius 2 is 1.60 bits per heavy atom. The van der Waals surface area contributed by atoms with Gasteiger partial charge in [-0.15, -0.1) is 0 Å². The van der Waals surface area contributed by atoms with Gasteiger partial charge in [0.05, 0.1) is 25.0 Å². The Morgan fingerprint density at radius 1 is 0.894 bits per heavy atom. The number of aromatic carboxylic acids is 1. The van der Waals surface area contributed by atoms with Crippen molar-refractivity contribution >= 4 is 52.8 Å². The number of aliphatic carboxylic acids is 1. The number of amides is 4. The number of benzene rings is 3. The van der Waals surface area contributed by atoms with E-state index < -0.39 is 35.9 Å². The van der Waals surface area contributed by atoms with Gasteiger partial charge in [0, 0.05) is 25.6 Å². The molecule has 0 aliphatic carbocycles. The van der Waals surface area contributed by atoms with Crippen LogP contribution >= 0.6 is 0 Å². The number of carbonyl (C=O) groups is 6. The molecule has 0 saturated carbocycles. The standard InChI is InChI=1S/C32H34N4O11/c1-19(37)34-27-25(38)10-7-11-26(27)47-17-6-5-16-33-28(39)23(35-32(45)46-2)18-20-12-14-21(15-13-20)36(29(40)31(43)44)24-9-4-3-8-22(24)30(41)42/h3-4,7-15,23,38H,5-6,16-18H2,1-2H3,(H,33,39)(H,34,37)(H,35,45)(H,41,42)(H,43,44)/t23-/m0/s1. The van der Waals surface area contributed by atoms with E-state index in [2.05, 4.69) is 20.7 Å².